The van der Waals surface area contributed by atoms with Gasteiger partial charge in [0.2, 0.25) is 23.5 Å². The Morgan fingerprint density at radius 2 is 1.62 bits per heavy atom. The number of alkyl halides is 3. The standard InChI is InChI=1S/C27H23F3N4O3/c28-27(29,30)21-13-7-12-20(16-21)25-33-23(37-34-25)15-14-22(35)32-24(19-10-5-2-6-11-19)26(36)31-17-18-8-3-1-4-9-18/h1-13,16,24H,14-15,17H2,(H,31,36)(H,32,35)/t24-/m1/s1. The summed E-state index contributed by atoms with van der Waals surface area (Å²) < 4.78 is 44.1. The van der Waals surface area contributed by atoms with Gasteiger partial charge in [-0.25, -0.2) is 0 Å². The van der Waals surface area contributed by atoms with Gasteiger partial charge in [-0.1, -0.05) is 78.0 Å². The molecule has 0 fully saturated rings. The first-order valence-corrected chi connectivity index (χ1v) is 11.5. The second-order valence-corrected chi connectivity index (χ2v) is 8.20. The fourth-order valence-electron chi connectivity index (χ4n) is 3.59. The molecule has 2 N–H and O–H groups in total. The summed E-state index contributed by atoms with van der Waals surface area (Å²) in [6, 6.07) is 21.9. The number of halogens is 3. The molecule has 4 aromatic rings. The Morgan fingerprint density at radius 1 is 0.919 bits per heavy atom. The van der Waals surface area contributed by atoms with Crippen molar-refractivity contribution < 1.29 is 27.3 Å². The number of carbonyl (C=O) groups excluding carboxylic acids is 2. The zero-order valence-electron chi connectivity index (χ0n) is 19.5. The molecule has 0 bridgehead atoms. The average molecular weight is 509 g/mol. The molecule has 0 aliphatic heterocycles. The fraction of sp³-hybridized carbons (Fsp3) is 0.185. The number of rotatable bonds is 9. The van der Waals surface area contributed by atoms with Crippen LogP contribution < -0.4 is 10.6 Å². The van der Waals surface area contributed by atoms with E-state index in [-0.39, 0.29) is 36.0 Å². The molecule has 37 heavy (non-hydrogen) atoms. The molecule has 0 unspecified atom stereocenters. The lowest BCUT2D eigenvalue weighted by atomic mass is 10.1. The maximum absolute atomic E-state index is 13.0. The summed E-state index contributed by atoms with van der Waals surface area (Å²) in [7, 11) is 0. The van der Waals surface area contributed by atoms with Gasteiger partial charge in [0, 0.05) is 24.9 Å². The number of aryl methyl sites for hydroxylation is 1. The number of nitrogens with one attached hydrogen (secondary N) is 2. The highest BCUT2D eigenvalue weighted by atomic mass is 19.4. The predicted octanol–water partition coefficient (Wildman–Crippen LogP) is 4.86. The number of hydrogen-bond acceptors (Lipinski definition) is 5. The van der Waals surface area contributed by atoms with Crippen molar-refractivity contribution >= 4 is 11.8 Å². The van der Waals surface area contributed by atoms with Crippen LogP contribution in [0.15, 0.2) is 89.5 Å². The van der Waals surface area contributed by atoms with Crippen LogP contribution in [0.4, 0.5) is 13.2 Å². The zero-order chi connectivity index (χ0) is 26.3. The molecule has 7 nitrogen and oxygen atoms in total. The van der Waals surface area contributed by atoms with Crippen LogP contribution in [0.25, 0.3) is 11.4 Å². The summed E-state index contributed by atoms with van der Waals surface area (Å²) in [5, 5.41) is 9.30. The summed E-state index contributed by atoms with van der Waals surface area (Å²) in [4.78, 5) is 29.7. The summed E-state index contributed by atoms with van der Waals surface area (Å²) in [6.45, 7) is 0.305. The minimum Gasteiger partial charge on any atom is -0.350 e. The largest absolute Gasteiger partial charge is 0.416 e. The van der Waals surface area contributed by atoms with Crippen LogP contribution in [0, 0.1) is 0 Å². The second kappa shape index (κ2) is 11.5. The molecular formula is C27H23F3N4O3. The van der Waals surface area contributed by atoms with Crippen LogP contribution in [-0.2, 0) is 28.7 Å². The molecule has 0 aliphatic carbocycles. The van der Waals surface area contributed by atoms with Crippen LogP contribution >= 0.6 is 0 Å². The molecule has 0 saturated carbocycles. The molecule has 3 aromatic carbocycles. The third kappa shape index (κ3) is 7.03. The molecule has 190 valence electrons. The third-order valence-corrected chi connectivity index (χ3v) is 5.49. The SMILES string of the molecule is O=C(CCc1nc(-c2cccc(C(F)(F)F)c2)no1)N[C@@H](C(=O)NCc1ccccc1)c1ccccc1. The van der Waals surface area contributed by atoms with Gasteiger partial charge in [0.1, 0.15) is 6.04 Å². The smallest absolute Gasteiger partial charge is 0.350 e. The Labute approximate surface area is 210 Å². The third-order valence-electron chi connectivity index (χ3n) is 5.49. The number of hydrogen-bond donors (Lipinski definition) is 2. The predicted molar refractivity (Wildman–Crippen MR) is 129 cm³/mol. The van der Waals surface area contributed by atoms with E-state index in [2.05, 4.69) is 20.8 Å². The first kappa shape index (κ1) is 25.6. The van der Waals surface area contributed by atoms with Gasteiger partial charge in [-0.3, -0.25) is 9.59 Å². The van der Waals surface area contributed by atoms with Gasteiger partial charge in [0.05, 0.1) is 5.56 Å². The first-order chi connectivity index (χ1) is 17.8. The van der Waals surface area contributed by atoms with Gasteiger partial charge in [0.25, 0.3) is 0 Å². The Morgan fingerprint density at radius 3 is 2.32 bits per heavy atom. The summed E-state index contributed by atoms with van der Waals surface area (Å²) in [5.41, 5.74) is 0.856. The molecule has 0 saturated heterocycles. The molecule has 10 heteroatoms. The first-order valence-electron chi connectivity index (χ1n) is 11.5. The fourth-order valence-corrected chi connectivity index (χ4v) is 3.59. The summed E-state index contributed by atoms with van der Waals surface area (Å²) >= 11 is 0. The van der Waals surface area contributed by atoms with Crippen molar-refractivity contribution in [2.75, 3.05) is 0 Å². The number of nitrogens with zero attached hydrogens (tertiary/aromatic N) is 2. The van der Waals surface area contributed by atoms with Gasteiger partial charge in [-0.05, 0) is 23.3 Å². The minimum atomic E-state index is -4.50. The van der Waals surface area contributed by atoms with Crippen molar-refractivity contribution in [3.05, 3.63) is 108 Å². The van der Waals surface area contributed by atoms with Crippen molar-refractivity contribution in [2.24, 2.45) is 0 Å². The molecule has 0 spiro atoms. The molecule has 1 heterocycles. The zero-order valence-corrected chi connectivity index (χ0v) is 19.5. The van der Waals surface area contributed by atoms with Crippen LogP contribution in [-0.4, -0.2) is 22.0 Å². The minimum absolute atomic E-state index is 0.0102. The maximum Gasteiger partial charge on any atom is 0.416 e. The average Bonchev–Trinajstić information content (AvgIpc) is 3.39. The van der Waals surface area contributed by atoms with Gasteiger partial charge < -0.3 is 15.2 Å². The second-order valence-electron chi connectivity index (χ2n) is 8.20. The summed E-state index contributed by atoms with van der Waals surface area (Å²) in [5.74, 6) is -0.716. The monoisotopic (exact) mass is 508 g/mol. The molecule has 1 atom stereocenters. The Kier molecular flexibility index (Phi) is 7.97. The Hall–Kier alpha value is -4.47. The van der Waals surface area contributed by atoms with E-state index in [0.717, 1.165) is 17.7 Å². The van der Waals surface area contributed by atoms with E-state index in [1.165, 1.54) is 12.1 Å². The molecule has 0 aliphatic rings. The van der Waals surface area contributed by atoms with Crippen LogP contribution in [0.5, 0.6) is 0 Å². The van der Waals surface area contributed by atoms with E-state index in [4.69, 9.17) is 4.52 Å². The van der Waals surface area contributed by atoms with Crippen LogP contribution in [0.2, 0.25) is 0 Å². The van der Waals surface area contributed by atoms with E-state index >= 15 is 0 Å². The Balaban J connectivity index is 1.38. The van der Waals surface area contributed by atoms with E-state index in [9.17, 15) is 22.8 Å². The van der Waals surface area contributed by atoms with Crippen molar-refractivity contribution in [2.45, 2.75) is 31.6 Å². The van der Waals surface area contributed by atoms with Gasteiger partial charge in [-0.2, -0.15) is 18.2 Å². The molecule has 0 radical (unpaired) electrons. The van der Waals surface area contributed by atoms with Crippen molar-refractivity contribution in [3.63, 3.8) is 0 Å². The number of aromatic nitrogens is 2. The van der Waals surface area contributed by atoms with E-state index in [1.54, 1.807) is 24.3 Å². The summed E-state index contributed by atoms with van der Waals surface area (Å²) in [6.07, 6.45) is -4.52. The highest BCUT2D eigenvalue weighted by Crippen LogP contribution is 2.31. The van der Waals surface area contributed by atoms with Crippen molar-refractivity contribution in [3.8, 4) is 11.4 Å². The Bertz CT molecular complexity index is 1340. The van der Waals surface area contributed by atoms with E-state index in [0.29, 0.717) is 12.1 Å². The number of benzene rings is 3. The van der Waals surface area contributed by atoms with Crippen LogP contribution in [0.1, 0.15) is 35.0 Å². The van der Waals surface area contributed by atoms with E-state index in [1.807, 2.05) is 36.4 Å². The van der Waals surface area contributed by atoms with Crippen LogP contribution in [0.3, 0.4) is 0 Å². The lowest BCUT2D eigenvalue weighted by Gasteiger charge is -2.19. The van der Waals surface area contributed by atoms with E-state index < -0.39 is 23.7 Å². The quantitative estimate of drug-likeness (QED) is 0.337. The lowest BCUT2D eigenvalue weighted by molar-refractivity contribution is -0.137. The van der Waals surface area contributed by atoms with Crippen molar-refractivity contribution in [1.29, 1.82) is 0 Å². The molecule has 1 aromatic heterocycles. The maximum atomic E-state index is 13.0. The highest BCUT2D eigenvalue weighted by Gasteiger charge is 2.31. The molecule has 2 amide bonds. The van der Waals surface area contributed by atoms with Crippen molar-refractivity contribution in [1.82, 2.24) is 20.8 Å². The van der Waals surface area contributed by atoms with Gasteiger partial charge >= 0.3 is 6.18 Å². The normalized spacial score (nSPS) is 12.1. The number of amides is 2. The highest BCUT2D eigenvalue weighted by molar-refractivity contribution is 5.88. The van der Waals surface area contributed by atoms with Gasteiger partial charge in [0.15, 0.2) is 0 Å². The lowest BCUT2D eigenvalue weighted by Crippen LogP contribution is -2.40. The topological polar surface area (TPSA) is 97.1 Å². The number of carbonyl (C=O) groups is 2. The molecule has 4 rings (SSSR count). The molecular weight excluding hydrogens is 485 g/mol. The van der Waals surface area contributed by atoms with Gasteiger partial charge in [-0.15, -0.1) is 0 Å².